The van der Waals surface area contributed by atoms with Crippen molar-refractivity contribution < 1.29 is 27.2 Å². The molecular weight excluding hydrogens is 506 g/mol. The van der Waals surface area contributed by atoms with E-state index in [-0.39, 0.29) is 32.8 Å². The molecule has 0 aliphatic carbocycles. The van der Waals surface area contributed by atoms with E-state index < -0.39 is 20.6 Å². The maximum absolute atomic E-state index is 13.6. The quantitative estimate of drug-likeness (QED) is 0.103. The van der Waals surface area contributed by atoms with Crippen LogP contribution < -0.4 is 0 Å². The summed E-state index contributed by atoms with van der Waals surface area (Å²) < 4.78 is 49.5. The molecule has 0 atom stereocenters. The van der Waals surface area contributed by atoms with Crippen LogP contribution in [0.1, 0.15) is 107 Å². The molecule has 0 aliphatic rings. The van der Waals surface area contributed by atoms with E-state index in [2.05, 4.69) is 45.9 Å². The van der Waals surface area contributed by atoms with Crippen molar-refractivity contribution in [2.75, 3.05) is 26.4 Å². The summed E-state index contributed by atoms with van der Waals surface area (Å²) in [4.78, 5) is 0. The second-order valence-electron chi connectivity index (χ2n) is 9.52. The molecule has 0 rings (SSSR count). The average Bonchev–Trinajstić information content (AvgIpc) is 2.79. The van der Waals surface area contributed by atoms with Crippen molar-refractivity contribution in [2.45, 2.75) is 113 Å². The topological polar surface area (TPSA) is 71.1 Å². The van der Waals surface area contributed by atoms with Gasteiger partial charge >= 0.3 is 15.2 Å². The standard InChI is InChI=1S/C29H54O6P2/c1-10-32-36(30,33-11-2)29(37(31,34-12-3)35-13-4)24-23-28(9)22-16-21-27(8)20-15-19-26(7)18-14-17-25(5)6/h17,19,21,23,29H,10-16,18,20,22,24H2,1-9H3/b26-19+,27-21+,28-23+. The van der Waals surface area contributed by atoms with Gasteiger partial charge in [-0.25, -0.2) is 0 Å². The average molecular weight is 561 g/mol. The molecule has 0 N–H and O–H groups in total. The van der Waals surface area contributed by atoms with Crippen molar-refractivity contribution in [1.82, 2.24) is 0 Å². The van der Waals surface area contributed by atoms with Crippen LogP contribution in [0.3, 0.4) is 0 Å². The maximum Gasteiger partial charge on any atom is 0.346 e. The van der Waals surface area contributed by atoms with Gasteiger partial charge in [-0.1, -0.05) is 46.6 Å². The van der Waals surface area contributed by atoms with Gasteiger partial charge in [0.15, 0.2) is 5.40 Å². The molecule has 0 radical (unpaired) electrons. The molecule has 0 aromatic rings. The molecular formula is C29H54O6P2. The molecule has 0 aromatic heterocycles. The fourth-order valence-electron chi connectivity index (χ4n) is 3.86. The van der Waals surface area contributed by atoms with E-state index in [1.54, 1.807) is 27.7 Å². The lowest BCUT2D eigenvalue weighted by Gasteiger charge is -2.30. The highest BCUT2D eigenvalue weighted by Gasteiger charge is 2.50. The monoisotopic (exact) mass is 560 g/mol. The highest BCUT2D eigenvalue weighted by atomic mass is 31.2. The van der Waals surface area contributed by atoms with Crippen molar-refractivity contribution in [2.24, 2.45) is 0 Å². The van der Waals surface area contributed by atoms with Crippen LogP contribution >= 0.6 is 15.2 Å². The van der Waals surface area contributed by atoms with E-state index in [1.807, 2.05) is 13.0 Å². The summed E-state index contributed by atoms with van der Waals surface area (Å²) in [6, 6.07) is 0. The van der Waals surface area contributed by atoms with Gasteiger partial charge in [-0.3, -0.25) is 9.13 Å². The van der Waals surface area contributed by atoms with Crippen LogP contribution in [0.2, 0.25) is 0 Å². The Morgan fingerprint density at radius 2 is 0.892 bits per heavy atom. The van der Waals surface area contributed by atoms with Crippen LogP contribution in [0.25, 0.3) is 0 Å². The van der Waals surface area contributed by atoms with E-state index in [0.29, 0.717) is 0 Å². The third kappa shape index (κ3) is 15.4. The molecule has 0 amide bonds. The van der Waals surface area contributed by atoms with E-state index in [0.717, 1.165) is 44.1 Å². The smallest absolute Gasteiger partial charge is 0.308 e. The lowest BCUT2D eigenvalue weighted by Crippen LogP contribution is -2.17. The SMILES string of the molecule is CCOP(=O)(OCC)C(C/C=C(\C)CC/C=C(\C)CC/C=C(\C)CCC=C(C)C)P(=O)(OCC)OCC. The Morgan fingerprint density at radius 1 is 0.568 bits per heavy atom. The molecule has 0 saturated heterocycles. The zero-order valence-corrected chi connectivity index (χ0v) is 26.8. The molecule has 0 heterocycles. The molecule has 0 bridgehead atoms. The minimum absolute atomic E-state index is 0.184. The first-order chi connectivity index (χ1) is 17.5. The second kappa shape index (κ2) is 20.2. The number of hydrogen-bond donors (Lipinski definition) is 0. The van der Waals surface area contributed by atoms with Gasteiger partial charge in [-0.2, -0.15) is 0 Å². The van der Waals surface area contributed by atoms with Crippen molar-refractivity contribution in [3.8, 4) is 0 Å². The van der Waals surface area contributed by atoms with E-state index in [1.165, 1.54) is 16.7 Å². The normalized spacial score (nSPS) is 13.9. The van der Waals surface area contributed by atoms with Crippen LogP contribution in [-0.4, -0.2) is 31.8 Å². The first-order valence-corrected chi connectivity index (χ1v) is 17.1. The molecule has 0 unspecified atom stereocenters. The predicted octanol–water partition coefficient (Wildman–Crippen LogP) is 10.4. The Bertz CT molecular complexity index is 802. The molecule has 0 aromatic carbocycles. The highest BCUT2D eigenvalue weighted by molar-refractivity contribution is 7.72. The first kappa shape index (κ1) is 36.3. The molecule has 37 heavy (non-hydrogen) atoms. The van der Waals surface area contributed by atoms with Crippen molar-refractivity contribution in [3.05, 3.63) is 46.6 Å². The third-order valence-electron chi connectivity index (χ3n) is 5.80. The summed E-state index contributed by atoms with van der Waals surface area (Å²) in [6.45, 7) is 18.4. The van der Waals surface area contributed by atoms with Gasteiger partial charge < -0.3 is 18.1 Å². The molecule has 0 fully saturated rings. The summed E-state index contributed by atoms with van der Waals surface area (Å²) >= 11 is 0. The summed E-state index contributed by atoms with van der Waals surface area (Å²) in [5.41, 5.74) is 5.34. The van der Waals surface area contributed by atoms with Gasteiger partial charge in [0.05, 0.1) is 26.4 Å². The summed E-state index contributed by atoms with van der Waals surface area (Å²) in [6.07, 6.45) is 15.3. The van der Waals surface area contributed by atoms with Crippen LogP contribution in [0.5, 0.6) is 0 Å². The number of hydrogen-bond acceptors (Lipinski definition) is 6. The third-order valence-corrected chi connectivity index (χ3v) is 11.8. The number of allylic oxidation sites excluding steroid dienone is 8. The van der Waals surface area contributed by atoms with Crippen LogP contribution in [0.15, 0.2) is 46.6 Å². The van der Waals surface area contributed by atoms with E-state index in [9.17, 15) is 9.13 Å². The van der Waals surface area contributed by atoms with Crippen molar-refractivity contribution in [3.63, 3.8) is 0 Å². The van der Waals surface area contributed by atoms with Gasteiger partial charge in [0.2, 0.25) is 0 Å². The van der Waals surface area contributed by atoms with Gasteiger partial charge in [-0.15, -0.1) is 0 Å². The molecule has 0 saturated carbocycles. The van der Waals surface area contributed by atoms with E-state index in [4.69, 9.17) is 18.1 Å². The van der Waals surface area contributed by atoms with E-state index >= 15 is 0 Å². The Labute approximate surface area is 228 Å². The summed E-state index contributed by atoms with van der Waals surface area (Å²) in [5, 5.41) is -1.00. The Hall–Kier alpha value is -0.740. The maximum atomic E-state index is 13.6. The van der Waals surface area contributed by atoms with Gasteiger partial charge in [0.25, 0.3) is 0 Å². The van der Waals surface area contributed by atoms with Gasteiger partial charge in [-0.05, 0) is 107 Å². The zero-order chi connectivity index (χ0) is 28.3. The molecule has 8 heteroatoms. The Morgan fingerprint density at radius 3 is 1.22 bits per heavy atom. The summed E-state index contributed by atoms with van der Waals surface area (Å²) in [7, 11) is -7.44. The van der Waals surface area contributed by atoms with Gasteiger partial charge in [0.1, 0.15) is 0 Å². The van der Waals surface area contributed by atoms with Crippen LogP contribution in [0.4, 0.5) is 0 Å². The van der Waals surface area contributed by atoms with Crippen molar-refractivity contribution >= 4 is 15.2 Å². The summed E-state index contributed by atoms with van der Waals surface area (Å²) in [5.74, 6) is 0. The first-order valence-electron chi connectivity index (χ1n) is 13.9. The lowest BCUT2D eigenvalue weighted by molar-refractivity contribution is 0.195. The Balaban J connectivity index is 5.22. The van der Waals surface area contributed by atoms with Crippen LogP contribution in [0, 0.1) is 0 Å². The molecule has 216 valence electrons. The lowest BCUT2D eigenvalue weighted by atomic mass is 10.0. The van der Waals surface area contributed by atoms with Crippen molar-refractivity contribution in [1.29, 1.82) is 0 Å². The highest BCUT2D eigenvalue weighted by Crippen LogP contribution is 2.71. The molecule has 0 spiro atoms. The minimum atomic E-state index is -3.72. The largest absolute Gasteiger partial charge is 0.346 e. The minimum Gasteiger partial charge on any atom is -0.308 e. The molecule has 6 nitrogen and oxygen atoms in total. The van der Waals surface area contributed by atoms with Gasteiger partial charge in [0, 0.05) is 0 Å². The fourth-order valence-corrected chi connectivity index (χ4v) is 9.05. The fraction of sp³-hybridized carbons (Fsp3) is 0.724. The van der Waals surface area contributed by atoms with Crippen LogP contribution in [-0.2, 0) is 27.2 Å². The molecule has 0 aliphatic heterocycles. The second-order valence-corrected chi connectivity index (χ2v) is 14.4. The zero-order valence-electron chi connectivity index (χ0n) is 25.0. The number of rotatable bonds is 21. The Kier molecular flexibility index (Phi) is 19.8. The predicted molar refractivity (Wildman–Crippen MR) is 159 cm³/mol.